The van der Waals surface area contributed by atoms with Gasteiger partial charge < -0.3 is 15.9 Å². The van der Waals surface area contributed by atoms with Crippen LogP contribution in [0.2, 0.25) is 0 Å². The lowest BCUT2D eigenvalue weighted by Gasteiger charge is -2.38. The molecule has 0 aromatic heterocycles. The molecule has 0 aromatic rings. The van der Waals surface area contributed by atoms with E-state index in [1.54, 1.807) is 6.92 Å². The molecule has 1 aliphatic rings. The van der Waals surface area contributed by atoms with Gasteiger partial charge in [0, 0.05) is 0 Å². The number of halogens is 3. The largest absolute Gasteiger partial charge is 0.490 e. The normalized spacial score (nSPS) is 22.6. The van der Waals surface area contributed by atoms with Gasteiger partial charge in [0.1, 0.15) is 12.3 Å². The number of carbonyl (C=O) groups is 3. The van der Waals surface area contributed by atoms with Gasteiger partial charge in [-0.3, -0.25) is 4.79 Å². The van der Waals surface area contributed by atoms with E-state index in [0.29, 0.717) is 6.21 Å². The number of carbonyl (C=O) groups excluding carboxylic acids is 1. The average Bonchev–Trinajstić information content (AvgIpc) is 2.27. The number of carboxylic acid groups (broad SMARTS) is 2. The Hall–Kier alpha value is -2.17. The molecular formula is C8H10F3N3O5. The first kappa shape index (κ1) is 16.8. The van der Waals surface area contributed by atoms with E-state index in [9.17, 15) is 22.8 Å². The summed E-state index contributed by atoms with van der Waals surface area (Å²) in [7, 11) is 0. The van der Waals surface area contributed by atoms with Crippen molar-refractivity contribution in [1.29, 1.82) is 0 Å². The smallest absolute Gasteiger partial charge is 0.477 e. The molecule has 0 aliphatic carbocycles. The zero-order valence-electron chi connectivity index (χ0n) is 9.46. The van der Waals surface area contributed by atoms with Gasteiger partial charge in [-0.2, -0.15) is 18.3 Å². The summed E-state index contributed by atoms with van der Waals surface area (Å²) in [6.45, 7) is 1.70. The van der Waals surface area contributed by atoms with Gasteiger partial charge in [0.15, 0.2) is 0 Å². The van der Waals surface area contributed by atoms with Gasteiger partial charge in [-0.25, -0.2) is 14.6 Å². The summed E-state index contributed by atoms with van der Waals surface area (Å²) in [5, 5.41) is 19.8. The van der Waals surface area contributed by atoms with Gasteiger partial charge in [0.2, 0.25) is 0 Å². The van der Waals surface area contributed by atoms with E-state index in [0.717, 1.165) is 5.01 Å². The molecule has 2 unspecified atom stereocenters. The van der Waals surface area contributed by atoms with Crippen LogP contribution in [0.3, 0.4) is 0 Å². The molecule has 108 valence electrons. The second-order valence-corrected chi connectivity index (χ2v) is 3.33. The first-order valence-electron chi connectivity index (χ1n) is 4.64. The van der Waals surface area contributed by atoms with E-state index in [-0.39, 0.29) is 11.9 Å². The number of hydrogen-bond acceptors (Lipinski definition) is 5. The molecule has 19 heavy (non-hydrogen) atoms. The van der Waals surface area contributed by atoms with Crippen LogP contribution in [0.5, 0.6) is 0 Å². The SMILES string of the molecule is CC1C(N)C(=O)N1/N=C\C(=O)O.O=C(O)C(F)(F)F. The fourth-order valence-corrected chi connectivity index (χ4v) is 0.903. The van der Waals surface area contributed by atoms with E-state index in [1.165, 1.54) is 0 Å². The number of nitrogens with zero attached hydrogens (tertiary/aromatic N) is 2. The number of rotatable bonds is 2. The molecule has 0 saturated carbocycles. The number of hydrogen-bond donors (Lipinski definition) is 3. The van der Waals surface area contributed by atoms with Crippen LogP contribution in [0, 0.1) is 0 Å². The number of aliphatic carboxylic acids is 2. The zero-order chi connectivity index (χ0) is 15.4. The Balaban J connectivity index is 0.000000399. The lowest BCUT2D eigenvalue weighted by molar-refractivity contribution is -0.192. The highest BCUT2D eigenvalue weighted by Crippen LogP contribution is 2.17. The molecule has 0 radical (unpaired) electrons. The van der Waals surface area contributed by atoms with Gasteiger partial charge in [-0.05, 0) is 6.92 Å². The molecule has 1 heterocycles. The first-order chi connectivity index (χ1) is 8.48. The summed E-state index contributed by atoms with van der Waals surface area (Å²) in [6, 6.07) is -0.760. The van der Waals surface area contributed by atoms with Crippen molar-refractivity contribution in [3.05, 3.63) is 0 Å². The van der Waals surface area contributed by atoms with Gasteiger partial charge in [-0.1, -0.05) is 0 Å². The third kappa shape index (κ3) is 4.91. The van der Waals surface area contributed by atoms with Crippen LogP contribution in [-0.4, -0.2) is 57.5 Å². The minimum atomic E-state index is -5.08. The molecule has 8 nitrogen and oxygen atoms in total. The minimum absolute atomic E-state index is 0.215. The van der Waals surface area contributed by atoms with Crippen LogP contribution in [0.25, 0.3) is 0 Å². The van der Waals surface area contributed by atoms with Gasteiger partial charge >= 0.3 is 18.1 Å². The van der Waals surface area contributed by atoms with Crippen molar-refractivity contribution in [2.45, 2.75) is 25.2 Å². The van der Waals surface area contributed by atoms with Crippen molar-refractivity contribution in [2.24, 2.45) is 10.8 Å². The number of amides is 1. The average molecular weight is 285 g/mol. The summed E-state index contributed by atoms with van der Waals surface area (Å²) < 4.78 is 31.7. The Bertz CT molecular complexity index is 409. The maximum Gasteiger partial charge on any atom is 0.490 e. The number of nitrogens with two attached hydrogens (primary N) is 1. The monoisotopic (exact) mass is 285 g/mol. The van der Waals surface area contributed by atoms with Crippen LogP contribution in [0.1, 0.15) is 6.92 Å². The molecule has 0 aromatic carbocycles. The van der Waals surface area contributed by atoms with E-state index in [1.807, 2.05) is 0 Å². The molecule has 1 aliphatic heterocycles. The zero-order valence-corrected chi connectivity index (χ0v) is 9.46. The lowest BCUT2D eigenvalue weighted by atomic mass is 10.0. The van der Waals surface area contributed by atoms with Crippen LogP contribution < -0.4 is 5.73 Å². The molecule has 0 bridgehead atoms. The third-order valence-electron chi connectivity index (χ3n) is 1.95. The molecule has 1 amide bonds. The Morgan fingerprint density at radius 2 is 1.84 bits per heavy atom. The molecule has 1 saturated heterocycles. The van der Waals surface area contributed by atoms with Crippen LogP contribution >= 0.6 is 0 Å². The van der Waals surface area contributed by atoms with Crippen LogP contribution in [0.15, 0.2) is 5.10 Å². The van der Waals surface area contributed by atoms with Crippen LogP contribution in [0.4, 0.5) is 13.2 Å². The Morgan fingerprint density at radius 3 is 2.11 bits per heavy atom. The van der Waals surface area contributed by atoms with Gasteiger partial charge in [0.05, 0.1) is 6.04 Å². The maximum absolute atomic E-state index is 10.9. The summed E-state index contributed by atoms with van der Waals surface area (Å²) >= 11 is 0. The topological polar surface area (TPSA) is 133 Å². The lowest BCUT2D eigenvalue weighted by Crippen LogP contribution is -2.65. The molecule has 1 fully saturated rings. The summed E-state index contributed by atoms with van der Waals surface area (Å²) in [6.07, 6.45) is -4.42. The van der Waals surface area contributed by atoms with Gasteiger partial charge in [0.25, 0.3) is 5.91 Å². The number of hydrazone groups is 1. The van der Waals surface area contributed by atoms with Crippen LogP contribution in [-0.2, 0) is 14.4 Å². The number of carboxylic acids is 2. The summed E-state index contributed by atoms with van der Waals surface area (Å²) in [5.74, 6) is -4.29. The summed E-state index contributed by atoms with van der Waals surface area (Å²) in [5.41, 5.74) is 5.35. The van der Waals surface area contributed by atoms with Crippen molar-refractivity contribution in [1.82, 2.24) is 5.01 Å². The first-order valence-corrected chi connectivity index (χ1v) is 4.64. The Kier molecular flexibility index (Phi) is 5.43. The van der Waals surface area contributed by atoms with Crippen molar-refractivity contribution in [3.8, 4) is 0 Å². The van der Waals surface area contributed by atoms with E-state index in [4.69, 9.17) is 20.7 Å². The highest BCUT2D eigenvalue weighted by atomic mass is 19.4. The Labute approximate surface area is 104 Å². The molecule has 0 spiro atoms. The quantitative estimate of drug-likeness (QED) is 0.451. The second kappa shape index (κ2) is 6.13. The Morgan fingerprint density at radius 1 is 1.42 bits per heavy atom. The minimum Gasteiger partial charge on any atom is -0.477 e. The second-order valence-electron chi connectivity index (χ2n) is 3.33. The van der Waals surface area contributed by atoms with E-state index < -0.39 is 24.2 Å². The predicted molar refractivity (Wildman–Crippen MR) is 54.1 cm³/mol. The van der Waals surface area contributed by atoms with Crippen molar-refractivity contribution in [3.63, 3.8) is 0 Å². The molecule has 4 N–H and O–H groups in total. The molecule has 2 atom stereocenters. The number of alkyl halides is 3. The molecule has 11 heteroatoms. The number of β-lactam (4-membered cyclic amide) rings is 1. The predicted octanol–water partition coefficient (Wildman–Crippen LogP) is -0.752. The van der Waals surface area contributed by atoms with Crippen molar-refractivity contribution >= 4 is 24.1 Å². The van der Waals surface area contributed by atoms with Crippen molar-refractivity contribution < 1.29 is 37.8 Å². The highest BCUT2D eigenvalue weighted by Gasteiger charge is 2.42. The maximum atomic E-state index is 10.9. The molecular weight excluding hydrogens is 275 g/mol. The third-order valence-corrected chi connectivity index (χ3v) is 1.95. The van der Waals surface area contributed by atoms with Crippen molar-refractivity contribution in [2.75, 3.05) is 0 Å². The fraction of sp³-hybridized carbons (Fsp3) is 0.500. The van der Waals surface area contributed by atoms with Gasteiger partial charge in [-0.15, -0.1) is 0 Å². The highest BCUT2D eigenvalue weighted by molar-refractivity contribution is 6.22. The summed E-state index contributed by atoms with van der Waals surface area (Å²) in [4.78, 5) is 29.8. The molecule has 1 rings (SSSR count). The fourth-order valence-electron chi connectivity index (χ4n) is 0.903. The standard InChI is InChI=1S/C6H9N3O3.C2HF3O2/c1-3-5(7)6(12)9(3)8-2-4(10)11;3-2(4,5)1(6)7/h2-3,5H,7H2,1H3,(H,10,11);(H,6,7)/b8-2-;. The van der Waals surface area contributed by atoms with E-state index in [2.05, 4.69) is 5.10 Å². The van der Waals surface area contributed by atoms with E-state index >= 15 is 0 Å².